The summed E-state index contributed by atoms with van der Waals surface area (Å²) in [6.45, 7) is 2.05. The van der Waals surface area contributed by atoms with E-state index in [-0.39, 0.29) is 0 Å². The van der Waals surface area contributed by atoms with Crippen LogP contribution < -0.4 is 11.2 Å². The molecule has 1 aromatic carbocycles. The van der Waals surface area contributed by atoms with Gasteiger partial charge in [0.25, 0.3) is 0 Å². The van der Waals surface area contributed by atoms with Gasteiger partial charge in [0.05, 0.1) is 11.7 Å². The largest absolute Gasteiger partial charge is 0.383 e. The maximum Gasteiger partial charge on any atom is 0.205 e. The standard InChI is InChI=1S/C13H14N6S/c1-8-10-4-3-9(5-11(10)18-19(8)2)6-15-17-13-16-12(14)7-20-13/h3-7H,14H2,1-2H3,(H,16,17). The van der Waals surface area contributed by atoms with E-state index in [9.17, 15) is 0 Å². The first-order valence-electron chi connectivity index (χ1n) is 6.07. The van der Waals surface area contributed by atoms with E-state index in [0.29, 0.717) is 10.9 Å². The molecule has 0 fully saturated rings. The van der Waals surface area contributed by atoms with Gasteiger partial charge in [0, 0.05) is 23.5 Å². The average molecular weight is 286 g/mol. The van der Waals surface area contributed by atoms with Crippen LogP contribution >= 0.6 is 11.3 Å². The van der Waals surface area contributed by atoms with Crippen molar-refractivity contribution in [1.82, 2.24) is 14.8 Å². The van der Waals surface area contributed by atoms with Crippen molar-refractivity contribution in [3.8, 4) is 0 Å². The third kappa shape index (κ3) is 2.35. The van der Waals surface area contributed by atoms with Gasteiger partial charge < -0.3 is 5.73 Å². The van der Waals surface area contributed by atoms with Gasteiger partial charge in [-0.25, -0.2) is 4.98 Å². The minimum atomic E-state index is 0.498. The van der Waals surface area contributed by atoms with E-state index >= 15 is 0 Å². The number of rotatable bonds is 3. The molecular formula is C13H14N6S. The molecule has 0 aliphatic carbocycles. The van der Waals surface area contributed by atoms with Crippen LogP contribution in [0.4, 0.5) is 10.9 Å². The number of benzene rings is 1. The van der Waals surface area contributed by atoms with Gasteiger partial charge in [-0.05, 0) is 18.6 Å². The first-order chi connectivity index (χ1) is 9.63. The fourth-order valence-corrected chi connectivity index (χ4v) is 2.48. The van der Waals surface area contributed by atoms with E-state index in [1.807, 2.05) is 23.9 Å². The summed E-state index contributed by atoms with van der Waals surface area (Å²) < 4.78 is 1.88. The van der Waals surface area contributed by atoms with Crippen LogP contribution in [0.1, 0.15) is 11.3 Å². The lowest BCUT2D eigenvalue weighted by Gasteiger charge is -1.95. The highest BCUT2D eigenvalue weighted by molar-refractivity contribution is 7.14. The Bertz CT molecular complexity index is 785. The lowest BCUT2D eigenvalue weighted by Crippen LogP contribution is -1.91. The van der Waals surface area contributed by atoms with Crippen LogP contribution in [0.3, 0.4) is 0 Å². The second-order valence-electron chi connectivity index (χ2n) is 4.43. The molecule has 6 nitrogen and oxygen atoms in total. The van der Waals surface area contributed by atoms with Gasteiger partial charge in [-0.1, -0.05) is 12.1 Å². The molecule has 0 aliphatic rings. The molecule has 0 atom stereocenters. The van der Waals surface area contributed by atoms with Gasteiger partial charge in [0.2, 0.25) is 5.13 Å². The van der Waals surface area contributed by atoms with Crippen molar-refractivity contribution in [2.75, 3.05) is 11.2 Å². The zero-order valence-electron chi connectivity index (χ0n) is 11.2. The second-order valence-corrected chi connectivity index (χ2v) is 5.29. The maximum absolute atomic E-state index is 5.54. The number of anilines is 2. The molecule has 2 aromatic heterocycles. The summed E-state index contributed by atoms with van der Waals surface area (Å²) in [4.78, 5) is 4.06. The summed E-state index contributed by atoms with van der Waals surface area (Å²) in [5, 5.41) is 12.2. The molecule has 0 amide bonds. The molecule has 0 bridgehead atoms. The van der Waals surface area contributed by atoms with Gasteiger partial charge >= 0.3 is 0 Å². The molecule has 2 heterocycles. The third-order valence-electron chi connectivity index (χ3n) is 3.05. The molecule has 0 saturated carbocycles. The van der Waals surface area contributed by atoms with Crippen LogP contribution in [0.15, 0.2) is 28.7 Å². The molecule has 3 rings (SSSR count). The first-order valence-corrected chi connectivity index (χ1v) is 6.95. The molecular weight excluding hydrogens is 272 g/mol. The Morgan fingerprint density at radius 3 is 3.05 bits per heavy atom. The van der Waals surface area contributed by atoms with E-state index in [4.69, 9.17) is 5.73 Å². The fourth-order valence-electron chi connectivity index (χ4n) is 1.93. The van der Waals surface area contributed by atoms with Crippen molar-refractivity contribution in [2.45, 2.75) is 6.92 Å². The van der Waals surface area contributed by atoms with E-state index in [2.05, 4.69) is 33.6 Å². The molecule has 0 saturated heterocycles. The molecule has 102 valence electrons. The number of nitrogens with two attached hydrogens (primary N) is 1. The molecule has 3 aromatic rings. The van der Waals surface area contributed by atoms with E-state index < -0.39 is 0 Å². The molecule has 20 heavy (non-hydrogen) atoms. The zero-order valence-corrected chi connectivity index (χ0v) is 12.0. The smallest absolute Gasteiger partial charge is 0.205 e. The van der Waals surface area contributed by atoms with Gasteiger partial charge in [-0.3, -0.25) is 10.1 Å². The van der Waals surface area contributed by atoms with Crippen LogP contribution in [-0.4, -0.2) is 21.0 Å². The summed E-state index contributed by atoms with van der Waals surface area (Å²) in [6.07, 6.45) is 1.74. The zero-order chi connectivity index (χ0) is 14.1. The Labute approximate surface area is 119 Å². The van der Waals surface area contributed by atoms with Crippen LogP contribution in [0, 0.1) is 6.92 Å². The van der Waals surface area contributed by atoms with Gasteiger partial charge in [-0.2, -0.15) is 10.2 Å². The van der Waals surface area contributed by atoms with Crippen molar-refractivity contribution < 1.29 is 0 Å². The number of nitrogens with zero attached hydrogens (tertiary/aromatic N) is 4. The number of hydrazone groups is 1. The topological polar surface area (TPSA) is 81.1 Å². The fraction of sp³-hybridized carbons (Fsp3) is 0.154. The number of fused-ring (bicyclic) bond motifs is 1. The van der Waals surface area contributed by atoms with Crippen molar-refractivity contribution in [3.05, 3.63) is 34.8 Å². The highest BCUT2D eigenvalue weighted by atomic mass is 32.1. The maximum atomic E-state index is 5.54. The van der Waals surface area contributed by atoms with E-state index in [1.54, 1.807) is 11.6 Å². The average Bonchev–Trinajstić information content (AvgIpc) is 2.95. The van der Waals surface area contributed by atoms with E-state index in [1.165, 1.54) is 11.3 Å². The normalized spacial score (nSPS) is 11.5. The predicted octanol–water partition coefficient (Wildman–Crippen LogP) is 2.37. The number of aryl methyl sites for hydroxylation is 2. The summed E-state index contributed by atoms with van der Waals surface area (Å²) in [5.41, 5.74) is 11.5. The van der Waals surface area contributed by atoms with Gasteiger partial charge in [0.15, 0.2) is 0 Å². The van der Waals surface area contributed by atoms with Gasteiger partial charge in [-0.15, -0.1) is 11.3 Å². The second kappa shape index (κ2) is 4.93. The summed E-state index contributed by atoms with van der Waals surface area (Å²) in [5.74, 6) is 0.498. The Morgan fingerprint density at radius 1 is 1.45 bits per heavy atom. The van der Waals surface area contributed by atoms with Crippen LogP contribution in [0.2, 0.25) is 0 Å². The lowest BCUT2D eigenvalue weighted by atomic mass is 10.1. The highest BCUT2D eigenvalue weighted by Crippen LogP contribution is 2.18. The Kier molecular flexibility index (Phi) is 3.11. The number of thiazole rings is 1. The van der Waals surface area contributed by atoms with Crippen molar-refractivity contribution in [1.29, 1.82) is 0 Å². The van der Waals surface area contributed by atoms with Crippen molar-refractivity contribution in [2.24, 2.45) is 12.1 Å². The molecule has 3 N–H and O–H groups in total. The highest BCUT2D eigenvalue weighted by Gasteiger charge is 2.04. The monoisotopic (exact) mass is 286 g/mol. The summed E-state index contributed by atoms with van der Waals surface area (Å²) in [7, 11) is 1.94. The van der Waals surface area contributed by atoms with Crippen molar-refractivity contribution >= 4 is 39.4 Å². The molecule has 0 aliphatic heterocycles. The summed E-state index contributed by atoms with van der Waals surface area (Å²) >= 11 is 1.42. The molecule has 7 heteroatoms. The molecule has 0 unspecified atom stereocenters. The Morgan fingerprint density at radius 2 is 2.30 bits per heavy atom. The number of hydrogen-bond donors (Lipinski definition) is 2. The van der Waals surface area contributed by atoms with Crippen molar-refractivity contribution in [3.63, 3.8) is 0 Å². The minimum Gasteiger partial charge on any atom is -0.383 e. The number of hydrogen-bond acceptors (Lipinski definition) is 6. The number of aromatic nitrogens is 3. The van der Waals surface area contributed by atoms with Crippen LogP contribution in [0.25, 0.3) is 10.9 Å². The minimum absolute atomic E-state index is 0.498. The number of nitrogens with one attached hydrogen (secondary N) is 1. The predicted molar refractivity (Wildman–Crippen MR) is 83.2 cm³/mol. The number of nitrogen functional groups attached to an aromatic ring is 1. The van der Waals surface area contributed by atoms with Crippen LogP contribution in [0.5, 0.6) is 0 Å². The molecule has 0 radical (unpaired) electrons. The van der Waals surface area contributed by atoms with E-state index in [0.717, 1.165) is 22.2 Å². The van der Waals surface area contributed by atoms with Gasteiger partial charge in [0.1, 0.15) is 5.82 Å². The Hall–Kier alpha value is -2.41. The van der Waals surface area contributed by atoms with Crippen LogP contribution in [-0.2, 0) is 7.05 Å². The molecule has 0 spiro atoms. The quantitative estimate of drug-likeness (QED) is 0.572. The third-order valence-corrected chi connectivity index (χ3v) is 3.82. The summed E-state index contributed by atoms with van der Waals surface area (Å²) in [6, 6.07) is 6.07. The Balaban J connectivity index is 1.80. The SMILES string of the molecule is Cc1c2ccc(C=NNc3nc(N)cs3)cc2nn1C. The first kappa shape index (κ1) is 12.6. The lowest BCUT2D eigenvalue weighted by molar-refractivity contribution is 0.751.